The molecule has 0 spiro atoms. The molecule has 0 unspecified atom stereocenters. The quantitative estimate of drug-likeness (QED) is 0.235. The normalized spacial score (nSPS) is 31.8. The van der Waals surface area contributed by atoms with Crippen LogP contribution in [0.15, 0.2) is 52.0 Å². The molecule has 9 nitrogen and oxygen atoms in total. The highest BCUT2D eigenvalue weighted by Gasteiger charge is 2.67. The van der Waals surface area contributed by atoms with E-state index in [4.69, 9.17) is 9.15 Å². The fraction of sp³-hybridized carbons (Fsp3) is 0.348. The van der Waals surface area contributed by atoms with Gasteiger partial charge in [0.25, 0.3) is 17.5 Å². The molecule has 1 aromatic carbocycles. The molecule has 2 heterocycles. The number of carbonyl (C=O) groups is 2. The monoisotopic (exact) mass is 433 g/mol. The van der Waals surface area contributed by atoms with Crippen LogP contribution in [-0.4, -0.2) is 35.1 Å². The second-order valence-electron chi connectivity index (χ2n) is 8.73. The molecule has 0 N–H and O–H groups in total. The van der Waals surface area contributed by atoms with Gasteiger partial charge in [-0.2, -0.15) is 10.1 Å². The number of carbonyl (C=O) groups excluding carboxylic acids is 2. The number of ether oxygens (including phenoxy) is 1. The summed E-state index contributed by atoms with van der Waals surface area (Å²) in [5.41, 5.74) is 0.450. The van der Waals surface area contributed by atoms with Crippen molar-refractivity contribution in [1.29, 1.82) is 0 Å². The van der Waals surface area contributed by atoms with E-state index in [-0.39, 0.29) is 41.2 Å². The van der Waals surface area contributed by atoms with Crippen molar-refractivity contribution in [3.05, 3.63) is 58.4 Å². The summed E-state index contributed by atoms with van der Waals surface area (Å²) in [6.45, 7) is 0. The lowest BCUT2D eigenvalue weighted by Crippen LogP contribution is -2.40. The number of hydrogen-bond donors (Lipinski definition) is 0. The Morgan fingerprint density at radius 3 is 2.44 bits per heavy atom. The van der Waals surface area contributed by atoms with Crippen LogP contribution >= 0.6 is 0 Å². The van der Waals surface area contributed by atoms with Gasteiger partial charge in [-0.15, -0.1) is 0 Å². The number of non-ortho nitro benzene ring substituents is 1. The van der Waals surface area contributed by atoms with Gasteiger partial charge in [0.1, 0.15) is 17.3 Å². The van der Waals surface area contributed by atoms with Crippen LogP contribution < -0.4 is 4.74 Å². The molecule has 32 heavy (non-hydrogen) atoms. The van der Waals surface area contributed by atoms with Crippen molar-refractivity contribution >= 4 is 23.7 Å². The first-order valence-corrected chi connectivity index (χ1v) is 10.5. The van der Waals surface area contributed by atoms with Crippen molar-refractivity contribution < 1.29 is 23.7 Å². The van der Waals surface area contributed by atoms with Crippen molar-refractivity contribution in [3.8, 4) is 17.1 Å². The maximum atomic E-state index is 13.0. The largest absolute Gasteiger partial charge is 0.496 e. The zero-order chi connectivity index (χ0) is 22.1. The van der Waals surface area contributed by atoms with Crippen LogP contribution in [0.5, 0.6) is 5.75 Å². The van der Waals surface area contributed by atoms with Gasteiger partial charge in [0, 0.05) is 6.07 Å². The standard InChI is InChI=1S/C23H19N3O6/c1-31-19-8-11(26(29)30)2-4-15(19)18-7-3-12(32-18)10-24-25-22(27)20-13-5-6-14(17-9-16(13)17)21(20)23(25)28/h2-8,10,13-14,16-17,20-21H,9H2,1H3/b24-10-/t13-,14-,16-,17-,20-,21+/m0/s1. The van der Waals surface area contributed by atoms with Gasteiger partial charge in [-0.3, -0.25) is 19.7 Å². The Kier molecular flexibility index (Phi) is 3.93. The van der Waals surface area contributed by atoms with Crippen molar-refractivity contribution in [3.63, 3.8) is 0 Å². The average Bonchev–Trinajstić information content (AvgIpc) is 3.44. The van der Waals surface area contributed by atoms with Crippen LogP contribution in [0.1, 0.15) is 12.2 Å². The van der Waals surface area contributed by atoms with E-state index in [0.29, 0.717) is 34.7 Å². The number of allylic oxidation sites excluding steroid dienone is 2. The van der Waals surface area contributed by atoms with Gasteiger partial charge >= 0.3 is 0 Å². The molecule has 2 saturated carbocycles. The molecule has 3 fully saturated rings. The number of rotatable bonds is 5. The molecule has 0 radical (unpaired) electrons. The highest BCUT2D eigenvalue weighted by Crippen LogP contribution is 2.65. The van der Waals surface area contributed by atoms with E-state index in [1.54, 1.807) is 18.2 Å². The van der Waals surface area contributed by atoms with Gasteiger partial charge in [-0.25, -0.2) is 0 Å². The van der Waals surface area contributed by atoms with E-state index in [0.717, 1.165) is 11.4 Å². The number of hydrazone groups is 1. The summed E-state index contributed by atoms with van der Waals surface area (Å²) < 4.78 is 11.0. The summed E-state index contributed by atoms with van der Waals surface area (Å²) in [6.07, 6.45) is 6.70. The van der Waals surface area contributed by atoms with Crippen molar-refractivity contribution in [2.24, 2.45) is 40.6 Å². The van der Waals surface area contributed by atoms with Crippen molar-refractivity contribution in [2.75, 3.05) is 7.11 Å². The molecular formula is C23H19N3O6. The highest BCUT2D eigenvalue weighted by atomic mass is 16.6. The first-order chi connectivity index (χ1) is 15.5. The lowest BCUT2D eigenvalue weighted by atomic mass is 9.63. The number of hydrogen-bond acceptors (Lipinski definition) is 7. The number of nitrogens with zero attached hydrogens (tertiary/aromatic N) is 3. The summed E-state index contributed by atoms with van der Waals surface area (Å²) >= 11 is 0. The van der Waals surface area contributed by atoms with Crippen LogP contribution in [0.2, 0.25) is 0 Å². The Morgan fingerprint density at radius 2 is 1.81 bits per heavy atom. The SMILES string of the molecule is COc1cc([N+](=O)[O-])ccc1-c1ccc(/C=N\N2C(=O)[C@@H]3[C@H]4C=C[C@@H]([C@@H]5C[C@@H]45)[C@@H]3C2=O)o1. The zero-order valence-electron chi connectivity index (χ0n) is 17.1. The van der Waals surface area contributed by atoms with Crippen LogP contribution in [-0.2, 0) is 9.59 Å². The Hall–Kier alpha value is -3.75. The minimum atomic E-state index is -0.501. The number of amides is 2. The minimum absolute atomic E-state index is 0.0902. The third-order valence-corrected chi connectivity index (χ3v) is 7.23. The van der Waals surface area contributed by atoms with E-state index in [1.165, 1.54) is 25.5 Å². The van der Waals surface area contributed by atoms with Gasteiger partial charge in [0.15, 0.2) is 0 Å². The number of imide groups is 1. The Morgan fingerprint density at radius 1 is 1.12 bits per heavy atom. The van der Waals surface area contributed by atoms with Gasteiger partial charge < -0.3 is 9.15 Å². The van der Waals surface area contributed by atoms with Gasteiger partial charge in [0.05, 0.1) is 41.7 Å². The predicted molar refractivity (Wildman–Crippen MR) is 111 cm³/mol. The molecule has 1 saturated heterocycles. The van der Waals surface area contributed by atoms with E-state index >= 15 is 0 Å². The second-order valence-corrected chi connectivity index (χ2v) is 8.73. The Labute approximate surface area is 182 Å². The van der Waals surface area contributed by atoms with Crippen molar-refractivity contribution in [2.45, 2.75) is 6.42 Å². The number of methoxy groups -OCH3 is 1. The number of nitro groups is 1. The molecule has 2 bridgehead atoms. The molecule has 7 rings (SSSR count). The smallest absolute Gasteiger partial charge is 0.273 e. The van der Waals surface area contributed by atoms with E-state index in [1.807, 2.05) is 0 Å². The lowest BCUT2D eigenvalue weighted by molar-refractivity contribution is -0.384. The maximum Gasteiger partial charge on any atom is 0.273 e. The summed E-state index contributed by atoms with van der Waals surface area (Å²) in [7, 11) is 1.42. The fourth-order valence-electron chi connectivity index (χ4n) is 5.73. The number of furan rings is 1. The summed E-state index contributed by atoms with van der Waals surface area (Å²) in [4.78, 5) is 36.4. The number of nitro benzene ring substituents is 1. The Bertz CT molecular complexity index is 1190. The Balaban J connectivity index is 1.24. The first-order valence-electron chi connectivity index (χ1n) is 10.5. The van der Waals surface area contributed by atoms with Gasteiger partial charge in [0.2, 0.25) is 0 Å². The molecule has 9 heteroatoms. The van der Waals surface area contributed by atoms with E-state index < -0.39 is 4.92 Å². The highest BCUT2D eigenvalue weighted by molar-refractivity contribution is 6.06. The third-order valence-electron chi connectivity index (χ3n) is 7.23. The predicted octanol–water partition coefficient (Wildman–Crippen LogP) is 3.25. The van der Waals surface area contributed by atoms with Crippen LogP contribution in [0, 0.1) is 45.6 Å². The zero-order valence-corrected chi connectivity index (χ0v) is 17.1. The average molecular weight is 433 g/mol. The third kappa shape index (κ3) is 2.60. The molecule has 6 atom stereocenters. The summed E-state index contributed by atoms with van der Waals surface area (Å²) in [6, 6.07) is 7.56. The molecule has 1 aliphatic heterocycles. The molecule has 2 aromatic rings. The summed E-state index contributed by atoms with van der Waals surface area (Å²) in [5, 5.41) is 16.2. The van der Waals surface area contributed by atoms with E-state index in [9.17, 15) is 19.7 Å². The first kappa shape index (κ1) is 19.0. The van der Waals surface area contributed by atoms with Crippen LogP contribution in [0.3, 0.4) is 0 Å². The van der Waals surface area contributed by atoms with Crippen LogP contribution in [0.4, 0.5) is 5.69 Å². The van der Waals surface area contributed by atoms with Gasteiger partial charge in [-0.1, -0.05) is 12.2 Å². The molecule has 2 amide bonds. The van der Waals surface area contributed by atoms with Crippen molar-refractivity contribution in [1.82, 2.24) is 5.01 Å². The molecule has 1 aromatic heterocycles. The molecular weight excluding hydrogens is 414 g/mol. The molecule has 162 valence electrons. The van der Waals surface area contributed by atoms with Gasteiger partial charge in [-0.05, 0) is 48.3 Å². The number of benzene rings is 1. The molecule has 4 aliphatic carbocycles. The molecule has 5 aliphatic rings. The fourth-order valence-corrected chi connectivity index (χ4v) is 5.73. The van der Waals surface area contributed by atoms with Crippen LogP contribution in [0.25, 0.3) is 11.3 Å². The maximum absolute atomic E-state index is 13.0. The van der Waals surface area contributed by atoms with E-state index in [2.05, 4.69) is 17.3 Å². The summed E-state index contributed by atoms with van der Waals surface area (Å²) in [5.74, 6) is 1.39. The second kappa shape index (κ2) is 6.62. The minimum Gasteiger partial charge on any atom is -0.496 e. The lowest BCUT2D eigenvalue weighted by Gasteiger charge is -2.37. The topological polar surface area (TPSA) is 115 Å².